The van der Waals surface area contributed by atoms with E-state index in [0.717, 1.165) is 58.5 Å². The Morgan fingerprint density at radius 1 is 1.00 bits per heavy atom. The van der Waals surface area contributed by atoms with Gasteiger partial charge in [0.15, 0.2) is 17.8 Å². The zero-order valence-corrected chi connectivity index (χ0v) is 22.6. The zero-order valence-electron chi connectivity index (χ0n) is 22.6. The number of methoxy groups -OCH3 is 1. The number of esters is 1. The van der Waals surface area contributed by atoms with Gasteiger partial charge in [0, 0.05) is 22.8 Å². The quantitative estimate of drug-likeness (QED) is 0.110. The minimum Gasteiger partial charge on any atom is -0.507 e. The van der Waals surface area contributed by atoms with Crippen LogP contribution in [0, 0.1) is 5.41 Å². The lowest BCUT2D eigenvalue weighted by Gasteiger charge is -2.40. The molecule has 1 aliphatic rings. The molecule has 8 heteroatoms. The first-order valence-electron chi connectivity index (χ1n) is 13.4. The maximum absolute atomic E-state index is 13.0. The molecule has 0 atom stereocenters. The lowest BCUT2D eigenvalue weighted by atomic mass is 9.84. The second kappa shape index (κ2) is 13.4. The molecule has 0 amide bonds. The summed E-state index contributed by atoms with van der Waals surface area (Å²) in [5.41, 5.74) is 0.555. The van der Waals surface area contributed by atoms with Gasteiger partial charge in [-0.15, -0.1) is 0 Å². The van der Waals surface area contributed by atoms with Gasteiger partial charge in [0.2, 0.25) is 0 Å². The third-order valence-corrected chi connectivity index (χ3v) is 7.14. The molecule has 0 radical (unpaired) electrons. The standard InChI is InChI=1S/C31H36O8/c1-3-31(20-37-21-31)19-36-14-8-4-5-9-15-38-27-13-12-22(17-28(27)35-2)30(34)39-29-23(18-32)16-26(33)24-10-6-7-11-25(24)29/h6-7,10-13,16-18,33H,3-5,8-9,14-15,19-21H2,1-2H3. The average Bonchev–Trinajstić information content (AvgIpc) is 2.94. The molecule has 3 aromatic carbocycles. The number of carbonyl (C=O) groups is 2. The summed E-state index contributed by atoms with van der Waals surface area (Å²) in [6.07, 6.45) is 5.64. The second-order valence-corrected chi connectivity index (χ2v) is 9.89. The summed E-state index contributed by atoms with van der Waals surface area (Å²) in [6.45, 7) is 5.87. The highest BCUT2D eigenvalue weighted by Crippen LogP contribution is 2.36. The zero-order chi connectivity index (χ0) is 27.7. The topological polar surface area (TPSA) is 101 Å². The van der Waals surface area contributed by atoms with Gasteiger partial charge in [0.25, 0.3) is 0 Å². The summed E-state index contributed by atoms with van der Waals surface area (Å²) in [4.78, 5) is 24.6. The van der Waals surface area contributed by atoms with E-state index in [9.17, 15) is 14.7 Å². The van der Waals surface area contributed by atoms with E-state index < -0.39 is 5.97 Å². The number of ether oxygens (including phenoxy) is 5. The number of hydrogen-bond acceptors (Lipinski definition) is 8. The molecule has 1 saturated heterocycles. The molecule has 0 bridgehead atoms. The first kappa shape index (κ1) is 28.4. The smallest absolute Gasteiger partial charge is 0.343 e. The molecule has 4 rings (SSSR count). The van der Waals surface area contributed by atoms with Crippen molar-refractivity contribution in [2.75, 3.05) is 40.1 Å². The van der Waals surface area contributed by atoms with E-state index in [-0.39, 0.29) is 28.0 Å². The number of aldehydes is 1. The third-order valence-electron chi connectivity index (χ3n) is 7.14. The van der Waals surface area contributed by atoms with Gasteiger partial charge in [-0.05, 0) is 49.9 Å². The maximum atomic E-state index is 13.0. The minimum absolute atomic E-state index is 0.0617. The number of aromatic hydroxyl groups is 1. The van der Waals surface area contributed by atoms with Crippen LogP contribution in [-0.2, 0) is 9.47 Å². The fourth-order valence-corrected chi connectivity index (χ4v) is 4.53. The van der Waals surface area contributed by atoms with Gasteiger partial charge in [-0.2, -0.15) is 0 Å². The normalized spacial score (nSPS) is 14.0. The highest BCUT2D eigenvalue weighted by molar-refractivity contribution is 6.02. The van der Waals surface area contributed by atoms with Crippen LogP contribution in [-0.4, -0.2) is 57.5 Å². The molecule has 3 aromatic rings. The van der Waals surface area contributed by atoms with Crippen molar-refractivity contribution < 1.29 is 38.4 Å². The number of hydrogen-bond donors (Lipinski definition) is 1. The summed E-state index contributed by atoms with van der Waals surface area (Å²) >= 11 is 0. The Balaban J connectivity index is 1.26. The third kappa shape index (κ3) is 6.88. The molecular formula is C31H36O8. The maximum Gasteiger partial charge on any atom is 0.343 e. The van der Waals surface area contributed by atoms with Gasteiger partial charge in [-0.25, -0.2) is 4.79 Å². The largest absolute Gasteiger partial charge is 0.507 e. The van der Waals surface area contributed by atoms with Gasteiger partial charge in [-0.1, -0.05) is 37.6 Å². The van der Waals surface area contributed by atoms with Crippen molar-refractivity contribution in [1.82, 2.24) is 0 Å². The number of phenolic OH excluding ortho intramolecular Hbond substituents is 1. The molecule has 1 fully saturated rings. The molecule has 0 unspecified atom stereocenters. The lowest BCUT2D eigenvalue weighted by Crippen LogP contribution is -2.45. The first-order chi connectivity index (χ1) is 19.0. The van der Waals surface area contributed by atoms with Crippen LogP contribution in [0.5, 0.6) is 23.0 Å². The van der Waals surface area contributed by atoms with Gasteiger partial charge in [0.05, 0.1) is 44.7 Å². The van der Waals surface area contributed by atoms with Crippen molar-refractivity contribution in [3.05, 3.63) is 59.7 Å². The van der Waals surface area contributed by atoms with Crippen LogP contribution in [0.1, 0.15) is 59.7 Å². The van der Waals surface area contributed by atoms with Crippen LogP contribution in [0.25, 0.3) is 10.8 Å². The molecule has 0 aliphatic carbocycles. The number of benzene rings is 3. The van der Waals surface area contributed by atoms with Crippen LogP contribution >= 0.6 is 0 Å². The highest BCUT2D eigenvalue weighted by atomic mass is 16.5. The van der Waals surface area contributed by atoms with Crippen LogP contribution in [0.4, 0.5) is 0 Å². The number of fused-ring (bicyclic) bond motifs is 1. The predicted molar refractivity (Wildman–Crippen MR) is 147 cm³/mol. The molecule has 0 aromatic heterocycles. The fraction of sp³-hybridized carbons (Fsp3) is 0.419. The van der Waals surface area contributed by atoms with Crippen molar-refractivity contribution >= 4 is 23.0 Å². The van der Waals surface area contributed by atoms with E-state index in [1.165, 1.54) is 13.2 Å². The Kier molecular flexibility index (Phi) is 9.79. The van der Waals surface area contributed by atoms with E-state index in [0.29, 0.717) is 35.2 Å². The molecular weight excluding hydrogens is 500 g/mol. The summed E-state index contributed by atoms with van der Waals surface area (Å²) in [5, 5.41) is 11.2. The van der Waals surface area contributed by atoms with Crippen LogP contribution < -0.4 is 14.2 Å². The summed E-state index contributed by atoms with van der Waals surface area (Å²) in [6, 6.07) is 13.0. The SMILES string of the molecule is CCC1(COCCCCCCOc2ccc(C(=O)Oc3c(C=O)cc(O)c4ccccc34)cc2OC)COC1. The van der Waals surface area contributed by atoms with Gasteiger partial charge >= 0.3 is 5.97 Å². The highest BCUT2D eigenvalue weighted by Gasteiger charge is 2.36. The van der Waals surface area contributed by atoms with Crippen LogP contribution in [0.15, 0.2) is 48.5 Å². The van der Waals surface area contributed by atoms with Gasteiger partial charge in [-0.3, -0.25) is 4.79 Å². The molecule has 0 saturated carbocycles. The van der Waals surface area contributed by atoms with Crippen molar-refractivity contribution in [2.24, 2.45) is 5.41 Å². The van der Waals surface area contributed by atoms with E-state index in [1.807, 2.05) is 0 Å². The molecule has 1 N–H and O–H groups in total. The number of rotatable bonds is 15. The Morgan fingerprint density at radius 3 is 2.41 bits per heavy atom. The first-order valence-corrected chi connectivity index (χ1v) is 13.4. The Bertz CT molecular complexity index is 1280. The summed E-state index contributed by atoms with van der Waals surface area (Å²) < 4.78 is 28.1. The van der Waals surface area contributed by atoms with Gasteiger partial charge in [0.1, 0.15) is 11.5 Å². The number of carbonyl (C=O) groups excluding carboxylic acids is 2. The number of unbranched alkanes of at least 4 members (excludes halogenated alkanes) is 3. The monoisotopic (exact) mass is 536 g/mol. The Hall–Kier alpha value is -3.62. The summed E-state index contributed by atoms with van der Waals surface area (Å²) in [7, 11) is 1.51. The van der Waals surface area contributed by atoms with Crippen molar-refractivity contribution in [3.8, 4) is 23.0 Å². The van der Waals surface area contributed by atoms with Crippen LogP contribution in [0.3, 0.4) is 0 Å². The molecule has 1 aliphatic heterocycles. The summed E-state index contributed by atoms with van der Waals surface area (Å²) in [5.74, 6) is 0.321. The molecule has 1 heterocycles. The van der Waals surface area contributed by atoms with Crippen LogP contribution in [0.2, 0.25) is 0 Å². The van der Waals surface area contributed by atoms with Gasteiger partial charge < -0.3 is 28.8 Å². The van der Waals surface area contributed by atoms with E-state index in [4.69, 9.17) is 23.7 Å². The van der Waals surface area contributed by atoms with Crippen molar-refractivity contribution in [2.45, 2.75) is 39.0 Å². The molecule has 8 nitrogen and oxygen atoms in total. The molecule has 39 heavy (non-hydrogen) atoms. The van der Waals surface area contributed by atoms with E-state index >= 15 is 0 Å². The minimum atomic E-state index is -0.657. The average molecular weight is 537 g/mol. The number of phenols is 1. The predicted octanol–water partition coefficient (Wildman–Crippen LogP) is 5.97. The van der Waals surface area contributed by atoms with Crippen molar-refractivity contribution in [1.29, 1.82) is 0 Å². The Labute approximate surface area is 228 Å². The second-order valence-electron chi connectivity index (χ2n) is 9.89. The van der Waals surface area contributed by atoms with E-state index in [1.54, 1.807) is 42.5 Å². The Morgan fingerprint density at radius 2 is 1.74 bits per heavy atom. The molecule has 0 spiro atoms. The molecule has 208 valence electrons. The fourth-order valence-electron chi connectivity index (χ4n) is 4.53. The lowest BCUT2D eigenvalue weighted by molar-refractivity contribution is -0.150. The van der Waals surface area contributed by atoms with Crippen molar-refractivity contribution in [3.63, 3.8) is 0 Å². The van der Waals surface area contributed by atoms with E-state index in [2.05, 4.69) is 6.92 Å².